The fourth-order valence-electron chi connectivity index (χ4n) is 8.75. The predicted octanol–water partition coefficient (Wildman–Crippen LogP) is 16.3. The summed E-state index contributed by atoms with van der Waals surface area (Å²) >= 11 is 0. The van der Waals surface area contributed by atoms with Crippen molar-refractivity contribution in [1.82, 2.24) is 0 Å². The Morgan fingerprint density at radius 1 is 0.386 bits per heavy atom. The summed E-state index contributed by atoms with van der Waals surface area (Å²) in [5.74, 6) is -2.20. The van der Waals surface area contributed by atoms with Gasteiger partial charge in [-0.2, -0.15) is 10.2 Å². The van der Waals surface area contributed by atoms with Crippen LogP contribution in [0.25, 0.3) is 0 Å². The van der Waals surface area contributed by atoms with Crippen LogP contribution >= 0.6 is 0 Å². The lowest BCUT2D eigenvalue weighted by Crippen LogP contribution is -2.18. The SMILES string of the molecule is C=CC(=O)OCCCCCCCCCCCOc1ccc(OC(=O)c2ccc(C(=O)Oc3ccc(OCCCCCCCCCCCOC(=O)C=C)cc3)c(C(=O)OCc3ccc(OC(=O)c4ccc(N=Nc5ccc([N+](=O)[O-])cc5)cc4)cc3)c2)cc1. The van der Waals surface area contributed by atoms with Crippen molar-refractivity contribution in [3.63, 3.8) is 0 Å². The van der Waals surface area contributed by atoms with Crippen LogP contribution in [0.4, 0.5) is 17.1 Å². The summed E-state index contributed by atoms with van der Waals surface area (Å²) in [6, 6.07) is 35.0. The van der Waals surface area contributed by atoms with Crippen LogP contribution in [0.1, 0.15) is 163 Å². The van der Waals surface area contributed by atoms with Gasteiger partial charge in [0, 0.05) is 24.3 Å². The van der Waals surface area contributed by atoms with Crippen LogP contribution in [0.2, 0.25) is 0 Å². The van der Waals surface area contributed by atoms with Gasteiger partial charge in [-0.15, -0.1) is 0 Å². The predicted molar refractivity (Wildman–Crippen MR) is 330 cm³/mol. The Kier molecular flexibility index (Phi) is 29.3. The summed E-state index contributed by atoms with van der Waals surface area (Å²) in [6.45, 7) is 8.44. The summed E-state index contributed by atoms with van der Waals surface area (Å²) < 4.78 is 44.5. The van der Waals surface area contributed by atoms with Crippen molar-refractivity contribution in [2.45, 2.75) is 122 Å². The second kappa shape index (κ2) is 38.3. The first-order chi connectivity index (χ1) is 42.9. The molecule has 6 aromatic carbocycles. The van der Waals surface area contributed by atoms with Crippen LogP contribution < -0.4 is 23.7 Å². The molecule has 0 aliphatic rings. The zero-order valence-electron chi connectivity index (χ0n) is 49.5. The minimum absolute atomic E-state index is 0.0400. The van der Waals surface area contributed by atoms with Crippen molar-refractivity contribution < 1.29 is 71.6 Å². The van der Waals surface area contributed by atoms with E-state index in [2.05, 4.69) is 23.4 Å². The summed E-state index contributed by atoms with van der Waals surface area (Å²) in [7, 11) is 0. The lowest BCUT2D eigenvalue weighted by atomic mass is 10.0. The van der Waals surface area contributed by atoms with E-state index in [0.717, 1.165) is 116 Å². The maximum atomic E-state index is 13.9. The number of ether oxygens (including phenoxy) is 8. The van der Waals surface area contributed by atoms with Crippen molar-refractivity contribution in [3.05, 3.63) is 203 Å². The Balaban J connectivity index is 0.991. The summed E-state index contributed by atoms with van der Waals surface area (Å²) in [6.07, 6.45) is 21.2. The largest absolute Gasteiger partial charge is 0.494 e. The highest BCUT2D eigenvalue weighted by Gasteiger charge is 2.24. The molecule has 0 N–H and O–H groups in total. The molecule has 19 nitrogen and oxygen atoms in total. The average Bonchev–Trinajstić information content (AvgIpc) is 3.75. The molecule has 0 radical (unpaired) electrons. The topological polar surface area (TPSA) is 244 Å². The Bertz CT molecular complexity index is 3240. The lowest BCUT2D eigenvalue weighted by Gasteiger charge is -2.13. The Hall–Kier alpha value is -9.78. The summed E-state index contributed by atoms with van der Waals surface area (Å²) in [4.78, 5) is 87.0. The van der Waals surface area contributed by atoms with E-state index in [0.29, 0.717) is 54.9 Å². The van der Waals surface area contributed by atoms with Gasteiger partial charge in [-0.05, 0) is 147 Å². The first kappa shape index (κ1) is 67.3. The minimum Gasteiger partial charge on any atom is -0.494 e. The van der Waals surface area contributed by atoms with Crippen molar-refractivity contribution in [2.24, 2.45) is 10.2 Å². The number of hydrogen-bond donors (Lipinski definition) is 0. The molecule has 0 heterocycles. The fourth-order valence-corrected chi connectivity index (χ4v) is 8.75. The highest BCUT2D eigenvalue weighted by atomic mass is 16.6. The standard InChI is InChI=1S/C69H75N3O16/c1-3-64(73)83-47-21-17-13-9-5-7-11-15-19-45-81-57-36-40-60(41-37-57)87-67(76)53-27-44-62(69(78)88-61-42-38-58(39-43-61)82-46-20-16-12-8-6-10-14-18-22-48-84-65(74)4-2)63(49-53)68(77)85-50-51-23-34-59(35-24-51)86-66(75)52-25-28-54(29-26-52)70-71-55-30-32-56(33-31-55)72(79)80/h3-4,23-44,49H,1-2,5-22,45-48,50H2. The number of carbonyl (C=O) groups excluding carboxylic acids is 6. The minimum atomic E-state index is -0.934. The number of carbonyl (C=O) groups is 6. The highest BCUT2D eigenvalue weighted by Crippen LogP contribution is 2.26. The molecule has 19 heteroatoms. The molecule has 0 saturated carbocycles. The number of nitro groups is 1. The first-order valence-corrected chi connectivity index (χ1v) is 29.7. The van der Waals surface area contributed by atoms with E-state index in [1.165, 1.54) is 78.9 Å². The second-order valence-corrected chi connectivity index (χ2v) is 20.4. The number of hydrogen-bond acceptors (Lipinski definition) is 18. The van der Waals surface area contributed by atoms with Crippen molar-refractivity contribution in [1.29, 1.82) is 0 Å². The van der Waals surface area contributed by atoms with Gasteiger partial charge in [-0.1, -0.05) is 115 Å². The zero-order valence-corrected chi connectivity index (χ0v) is 49.5. The molecule has 0 aromatic heterocycles. The molecule has 0 saturated heterocycles. The Labute approximate surface area is 512 Å². The van der Waals surface area contributed by atoms with Crippen molar-refractivity contribution in [2.75, 3.05) is 26.4 Å². The van der Waals surface area contributed by atoms with Crippen molar-refractivity contribution >= 4 is 52.9 Å². The molecule has 0 amide bonds. The van der Waals surface area contributed by atoms with Crippen LogP contribution in [0.15, 0.2) is 175 Å². The van der Waals surface area contributed by atoms with Gasteiger partial charge >= 0.3 is 35.8 Å². The van der Waals surface area contributed by atoms with Gasteiger partial charge in [0.25, 0.3) is 5.69 Å². The number of nitrogens with zero attached hydrogens (tertiary/aromatic N) is 3. The molecular weight excluding hydrogens is 1130 g/mol. The third-order valence-corrected chi connectivity index (χ3v) is 13.6. The van der Waals surface area contributed by atoms with Gasteiger partial charge in [-0.3, -0.25) is 10.1 Å². The molecule has 462 valence electrons. The van der Waals surface area contributed by atoms with Crippen LogP contribution in [0.5, 0.6) is 28.7 Å². The van der Waals surface area contributed by atoms with Gasteiger partial charge in [-0.25, -0.2) is 28.8 Å². The second-order valence-electron chi connectivity index (χ2n) is 20.4. The van der Waals surface area contributed by atoms with E-state index >= 15 is 0 Å². The molecule has 0 spiro atoms. The Morgan fingerprint density at radius 3 is 1.18 bits per heavy atom. The maximum absolute atomic E-state index is 13.9. The molecule has 6 rings (SSSR count). The zero-order chi connectivity index (χ0) is 62.6. The number of esters is 6. The smallest absolute Gasteiger partial charge is 0.344 e. The quantitative estimate of drug-likeness (QED) is 0.00507. The lowest BCUT2D eigenvalue weighted by molar-refractivity contribution is -0.384. The molecule has 0 bridgehead atoms. The Morgan fingerprint density at radius 2 is 0.750 bits per heavy atom. The number of nitro benzene ring substituents is 1. The molecule has 0 fully saturated rings. The molecule has 0 aliphatic heterocycles. The summed E-state index contributed by atoms with van der Waals surface area (Å²) in [5, 5.41) is 19.1. The molecular formula is C69H75N3O16. The average molecular weight is 1200 g/mol. The molecule has 88 heavy (non-hydrogen) atoms. The maximum Gasteiger partial charge on any atom is 0.344 e. The van der Waals surface area contributed by atoms with Crippen LogP contribution in [-0.4, -0.2) is 67.2 Å². The van der Waals surface area contributed by atoms with Crippen LogP contribution in [0, 0.1) is 10.1 Å². The summed E-state index contributed by atoms with van der Waals surface area (Å²) in [5.41, 5.74) is 1.05. The van der Waals surface area contributed by atoms with Gasteiger partial charge < -0.3 is 37.9 Å². The van der Waals surface area contributed by atoms with E-state index in [4.69, 9.17) is 37.9 Å². The normalized spacial score (nSPS) is 10.8. The van der Waals surface area contributed by atoms with E-state index in [1.807, 2.05) is 0 Å². The number of benzene rings is 6. The van der Waals surface area contributed by atoms with E-state index in [-0.39, 0.29) is 63.7 Å². The van der Waals surface area contributed by atoms with E-state index < -0.39 is 28.8 Å². The third kappa shape index (κ3) is 25.0. The van der Waals surface area contributed by atoms with Gasteiger partial charge in [0.1, 0.15) is 35.4 Å². The van der Waals surface area contributed by atoms with Crippen LogP contribution in [-0.2, 0) is 30.4 Å². The highest BCUT2D eigenvalue weighted by molar-refractivity contribution is 6.06. The first-order valence-electron chi connectivity index (χ1n) is 29.7. The molecule has 0 atom stereocenters. The number of non-ortho nitro benzene ring substituents is 1. The van der Waals surface area contributed by atoms with Gasteiger partial charge in [0.05, 0.1) is 65.0 Å². The molecule has 0 aliphatic carbocycles. The third-order valence-electron chi connectivity index (χ3n) is 13.6. The number of unbranched alkanes of at least 4 members (excludes halogenated alkanes) is 16. The van der Waals surface area contributed by atoms with Gasteiger partial charge in [0.2, 0.25) is 0 Å². The fraction of sp³-hybridized carbons (Fsp3) is 0.333. The van der Waals surface area contributed by atoms with Gasteiger partial charge in [0.15, 0.2) is 0 Å². The van der Waals surface area contributed by atoms with E-state index in [9.17, 15) is 38.9 Å². The van der Waals surface area contributed by atoms with E-state index in [1.54, 1.807) is 72.8 Å². The molecule has 0 unspecified atom stereocenters. The monoisotopic (exact) mass is 1200 g/mol. The van der Waals surface area contributed by atoms with Crippen molar-refractivity contribution in [3.8, 4) is 28.7 Å². The number of azo groups is 1. The van der Waals surface area contributed by atoms with Crippen LogP contribution in [0.3, 0.4) is 0 Å². The molecule has 6 aromatic rings. The number of rotatable bonds is 40.